The summed E-state index contributed by atoms with van der Waals surface area (Å²) in [4.78, 5) is 18.1. The van der Waals surface area contributed by atoms with Crippen molar-refractivity contribution in [1.82, 2.24) is 9.97 Å². The Labute approximate surface area is 87.8 Å². The number of thiophene rings is 1. The number of phenols is 1. The van der Waals surface area contributed by atoms with Gasteiger partial charge in [-0.3, -0.25) is 4.79 Å². The number of nitrogens with zero attached hydrogens (tertiary/aromatic N) is 1. The number of phenolic OH excluding ortho intramolecular Hbond substituents is 1. The van der Waals surface area contributed by atoms with Gasteiger partial charge in [-0.05, 0) is 18.2 Å². The Hall–Kier alpha value is -1.88. The Bertz CT molecular complexity index is 714. The molecule has 5 heteroatoms. The zero-order chi connectivity index (χ0) is 10.4. The molecule has 0 saturated heterocycles. The van der Waals surface area contributed by atoms with E-state index in [1.54, 1.807) is 18.2 Å². The van der Waals surface area contributed by atoms with Gasteiger partial charge < -0.3 is 10.1 Å². The van der Waals surface area contributed by atoms with Gasteiger partial charge in [0.2, 0.25) is 0 Å². The number of aromatic hydroxyl groups is 1. The number of benzene rings is 1. The fourth-order valence-corrected chi connectivity index (χ4v) is 2.66. The van der Waals surface area contributed by atoms with Gasteiger partial charge in [-0.15, -0.1) is 11.3 Å². The minimum atomic E-state index is -0.138. The fourth-order valence-electron chi connectivity index (χ4n) is 1.57. The van der Waals surface area contributed by atoms with Crippen LogP contribution in [0, 0.1) is 0 Å². The number of nitrogens with one attached hydrogen (secondary N) is 1. The SMILES string of the molecule is O=c1[nH]cnc2c1sc1cc(O)ccc12. The van der Waals surface area contributed by atoms with E-state index in [4.69, 9.17) is 0 Å². The summed E-state index contributed by atoms with van der Waals surface area (Å²) in [5.74, 6) is 0.200. The number of aromatic nitrogens is 2. The standard InChI is InChI=1S/C10H6N2O2S/c13-5-1-2-6-7(3-5)15-9-8(6)11-4-12-10(9)14/h1-4,13H,(H,11,12,14). The van der Waals surface area contributed by atoms with Crippen LogP contribution in [0.3, 0.4) is 0 Å². The van der Waals surface area contributed by atoms with Crippen molar-refractivity contribution in [3.05, 3.63) is 34.9 Å². The molecule has 0 bridgehead atoms. The van der Waals surface area contributed by atoms with Gasteiger partial charge >= 0.3 is 0 Å². The van der Waals surface area contributed by atoms with Crippen LogP contribution in [0.25, 0.3) is 20.3 Å². The molecule has 4 nitrogen and oxygen atoms in total. The van der Waals surface area contributed by atoms with Crippen molar-refractivity contribution in [2.75, 3.05) is 0 Å². The van der Waals surface area contributed by atoms with E-state index >= 15 is 0 Å². The molecule has 0 fully saturated rings. The molecule has 15 heavy (non-hydrogen) atoms. The molecule has 0 aliphatic carbocycles. The van der Waals surface area contributed by atoms with Crippen LogP contribution >= 0.6 is 11.3 Å². The van der Waals surface area contributed by atoms with E-state index in [-0.39, 0.29) is 11.3 Å². The summed E-state index contributed by atoms with van der Waals surface area (Å²) >= 11 is 1.34. The first-order chi connectivity index (χ1) is 7.25. The molecule has 2 aromatic heterocycles. The maximum atomic E-state index is 11.5. The summed E-state index contributed by atoms with van der Waals surface area (Å²) in [6, 6.07) is 5.01. The highest BCUT2D eigenvalue weighted by atomic mass is 32.1. The van der Waals surface area contributed by atoms with Crippen LogP contribution in [-0.4, -0.2) is 15.1 Å². The van der Waals surface area contributed by atoms with Crippen molar-refractivity contribution >= 4 is 31.6 Å². The second-order valence-corrected chi connectivity index (χ2v) is 4.24. The third-order valence-corrected chi connectivity index (χ3v) is 3.38. The first kappa shape index (κ1) is 8.43. The largest absolute Gasteiger partial charge is 0.508 e. The third kappa shape index (κ3) is 1.13. The van der Waals surface area contributed by atoms with Gasteiger partial charge in [0, 0.05) is 10.1 Å². The molecule has 0 spiro atoms. The summed E-state index contributed by atoms with van der Waals surface area (Å²) in [7, 11) is 0. The lowest BCUT2D eigenvalue weighted by Crippen LogP contribution is -2.03. The molecule has 0 radical (unpaired) electrons. The molecule has 0 amide bonds. The molecule has 0 aliphatic heterocycles. The van der Waals surface area contributed by atoms with Crippen molar-refractivity contribution < 1.29 is 5.11 Å². The number of fused-ring (bicyclic) bond motifs is 3. The van der Waals surface area contributed by atoms with E-state index in [1.165, 1.54) is 17.7 Å². The number of hydrogen-bond donors (Lipinski definition) is 2. The van der Waals surface area contributed by atoms with Crippen LogP contribution in [0.2, 0.25) is 0 Å². The molecule has 1 aromatic carbocycles. The van der Waals surface area contributed by atoms with E-state index in [9.17, 15) is 9.90 Å². The minimum Gasteiger partial charge on any atom is -0.508 e. The van der Waals surface area contributed by atoms with Gasteiger partial charge in [0.15, 0.2) is 0 Å². The lowest BCUT2D eigenvalue weighted by Gasteiger charge is -1.91. The summed E-state index contributed by atoms with van der Waals surface area (Å²) in [5, 5.41) is 10.2. The van der Waals surface area contributed by atoms with Crippen LogP contribution in [0.1, 0.15) is 0 Å². The first-order valence-electron chi connectivity index (χ1n) is 4.34. The smallest absolute Gasteiger partial charge is 0.268 e. The Morgan fingerprint density at radius 3 is 3.13 bits per heavy atom. The summed E-state index contributed by atoms with van der Waals surface area (Å²) < 4.78 is 1.47. The highest BCUT2D eigenvalue weighted by Gasteiger charge is 2.08. The second-order valence-electron chi connectivity index (χ2n) is 3.19. The molecule has 0 unspecified atom stereocenters. The fraction of sp³-hybridized carbons (Fsp3) is 0. The van der Waals surface area contributed by atoms with Crippen LogP contribution in [0.15, 0.2) is 29.3 Å². The predicted octanol–water partition coefficient (Wildman–Crippen LogP) is 1.84. The van der Waals surface area contributed by atoms with E-state index in [2.05, 4.69) is 9.97 Å². The van der Waals surface area contributed by atoms with Crippen molar-refractivity contribution in [3.8, 4) is 5.75 Å². The normalized spacial score (nSPS) is 11.2. The van der Waals surface area contributed by atoms with Gasteiger partial charge in [-0.2, -0.15) is 0 Å². The van der Waals surface area contributed by atoms with Crippen molar-refractivity contribution in [2.45, 2.75) is 0 Å². The molecule has 74 valence electrons. The molecule has 3 aromatic rings. The Morgan fingerprint density at radius 1 is 1.40 bits per heavy atom. The molecule has 0 atom stereocenters. The highest BCUT2D eigenvalue weighted by molar-refractivity contribution is 7.25. The Balaban J connectivity index is 2.63. The van der Waals surface area contributed by atoms with E-state index in [0.29, 0.717) is 10.2 Å². The average Bonchev–Trinajstić information content (AvgIpc) is 2.57. The molecular formula is C10H6N2O2S. The molecule has 2 N–H and O–H groups in total. The Kier molecular flexibility index (Phi) is 1.58. The minimum absolute atomic E-state index is 0.138. The van der Waals surface area contributed by atoms with Crippen molar-refractivity contribution in [1.29, 1.82) is 0 Å². The van der Waals surface area contributed by atoms with Gasteiger partial charge in [0.25, 0.3) is 5.56 Å². The quantitative estimate of drug-likeness (QED) is 0.605. The van der Waals surface area contributed by atoms with E-state index in [0.717, 1.165) is 10.1 Å². The molecular weight excluding hydrogens is 212 g/mol. The third-order valence-electron chi connectivity index (χ3n) is 2.24. The zero-order valence-electron chi connectivity index (χ0n) is 7.52. The maximum absolute atomic E-state index is 11.5. The molecule has 3 rings (SSSR count). The number of aromatic amines is 1. The monoisotopic (exact) mass is 218 g/mol. The van der Waals surface area contributed by atoms with Crippen LogP contribution < -0.4 is 5.56 Å². The predicted molar refractivity (Wildman–Crippen MR) is 59.4 cm³/mol. The second kappa shape index (κ2) is 2.80. The zero-order valence-corrected chi connectivity index (χ0v) is 8.34. The molecule has 0 saturated carbocycles. The Morgan fingerprint density at radius 2 is 2.27 bits per heavy atom. The van der Waals surface area contributed by atoms with Crippen molar-refractivity contribution in [3.63, 3.8) is 0 Å². The van der Waals surface area contributed by atoms with Gasteiger partial charge in [0.05, 0.1) is 11.8 Å². The van der Waals surface area contributed by atoms with Crippen LogP contribution in [-0.2, 0) is 0 Å². The molecule has 0 aliphatic rings. The summed E-state index contributed by atoms with van der Waals surface area (Å²) in [6.07, 6.45) is 1.39. The number of hydrogen-bond acceptors (Lipinski definition) is 4. The van der Waals surface area contributed by atoms with Gasteiger partial charge in [-0.1, -0.05) is 0 Å². The first-order valence-corrected chi connectivity index (χ1v) is 5.16. The van der Waals surface area contributed by atoms with E-state index < -0.39 is 0 Å². The highest BCUT2D eigenvalue weighted by Crippen LogP contribution is 2.32. The topological polar surface area (TPSA) is 66.0 Å². The lowest BCUT2D eigenvalue weighted by atomic mass is 10.2. The van der Waals surface area contributed by atoms with E-state index in [1.807, 2.05) is 0 Å². The average molecular weight is 218 g/mol. The summed E-state index contributed by atoms with van der Waals surface area (Å²) in [5.41, 5.74) is 0.555. The van der Waals surface area contributed by atoms with Crippen LogP contribution in [0.4, 0.5) is 0 Å². The van der Waals surface area contributed by atoms with Crippen molar-refractivity contribution in [2.24, 2.45) is 0 Å². The lowest BCUT2D eigenvalue weighted by molar-refractivity contribution is 0.476. The maximum Gasteiger partial charge on any atom is 0.268 e. The van der Waals surface area contributed by atoms with Crippen LogP contribution in [0.5, 0.6) is 5.75 Å². The van der Waals surface area contributed by atoms with Gasteiger partial charge in [0.1, 0.15) is 10.4 Å². The van der Waals surface area contributed by atoms with Gasteiger partial charge in [-0.25, -0.2) is 4.98 Å². The number of rotatable bonds is 0. The number of H-pyrrole nitrogens is 1. The summed E-state index contributed by atoms with van der Waals surface area (Å²) in [6.45, 7) is 0. The molecule has 2 heterocycles.